The van der Waals surface area contributed by atoms with Crippen molar-refractivity contribution in [1.82, 2.24) is 0 Å². The molecule has 0 saturated carbocycles. The summed E-state index contributed by atoms with van der Waals surface area (Å²) in [5, 5.41) is 0. The van der Waals surface area contributed by atoms with Crippen molar-refractivity contribution in [2.75, 3.05) is 7.11 Å². The zero-order valence-corrected chi connectivity index (χ0v) is 9.21. The standard InChI is InChI=1S/C12H15FO2/c1-4-8(2)12(14)9-5-6-10(13)11(7-9)15-3/h5-8H,4H2,1-3H3. The summed E-state index contributed by atoms with van der Waals surface area (Å²) in [6, 6.07) is 4.20. The maximum atomic E-state index is 13.1. The van der Waals surface area contributed by atoms with Crippen LogP contribution in [0.1, 0.15) is 30.6 Å². The number of ketones is 1. The van der Waals surface area contributed by atoms with Gasteiger partial charge in [0.05, 0.1) is 7.11 Å². The van der Waals surface area contributed by atoms with Gasteiger partial charge in [-0.15, -0.1) is 0 Å². The van der Waals surface area contributed by atoms with Gasteiger partial charge in [-0.25, -0.2) is 4.39 Å². The van der Waals surface area contributed by atoms with E-state index in [1.165, 1.54) is 25.3 Å². The molecular weight excluding hydrogens is 195 g/mol. The minimum absolute atomic E-state index is 0.0239. The van der Waals surface area contributed by atoms with E-state index in [9.17, 15) is 9.18 Å². The summed E-state index contributed by atoms with van der Waals surface area (Å²) in [6.07, 6.45) is 0.776. The number of methoxy groups -OCH3 is 1. The van der Waals surface area contributed by atoms with Crippen molar-refractivity contribution in [3.63, 3.8) is 0 Å². The minimum atomic E-state index is -0.446. The van der Waals surface area contributed by atoms with Crippen molar-refractivity contribution >= 4 is 5.78 Å². The quantitative estimate of drug-likeness (QED) is 0.714. The maximum Gasteiger partial charge on any atom is 0.165 e. The lowest BCUT2D eigenvalue weighted by molar-refractivity contribution is 0.0927. The second-order valence-corrected chi connectivity index (χ2v) is 3.52. The molecule has 15 heavy (non-hydrogen) atoms. The zero-order chi connectivity index (χ0) is 11.4. The highest BCUT2D eigenvalue weighted by atomic mass is 19.1. The molecule has 0 amide bonds. The van der Waals surface area contributed by atoms with Gasteiger partial charge in [-0.2, -0.15) is 0 Å². The molecule has 0 aliphatic rings. The van der Waals surface area contributed by atoms with Gasteiger partial charge >= 0.3 is 0 Å². The molecule has 3 heteroatoms. The number of rotatable bonds is 4. The zero-order valence-electron chi connectivity index (χ0n) is 9.21. The third-order valence-corrected chi connectivity index (χ3v) is 2.50. The molecule has 0 heterocycles. The summed E-state index contributed by atoms with van der Waals surface area (Å²) in [7, 11) is 1.38. The van der Waals surface area contributed by atoms with E-state index in [-0.39, 0.29) is 17.5 Å². The van der Waals surface area contributed by atoms with Crippen LogP contribution in [0.15, 0.2) is 18.2 Å². The summed E-state index contributed by atoms with van der Waals surface area (Å²) < 4.78 is 17.9. The summed E-state index contributed by atoms with van der Waals surface area (Å²) in [5.74, 6) is -0.349. The van der Waals surface area contributed by atoms with Crippen LogP contribution < -0.4 is 4.74 Å². The fourth-order valence-electron chi connectivity index (χ4n) is 1.28. The molecule has 0 saturated heterocycles. The van der Waals surface area contributed by atoms with Crippen LogP contribution in [-0.2, 0) is 0 Å². The second kappa shape index (κ2) is 4.91. The largest absolute Gasteiger partial charge is 0.494 e. The maximum absolute atomic E-state index is 13.1. The lowest BCUT2D eigenvalue weighted by Gasteiger charge is -2.09. The van der Waals surface area contributed by atoms with Crippen LogP contribution >= 0.6 is 0 Å². The van der Waals surface area contributed by atoms with Gasteiger partial charge < -0.3 is 4.74 Å². The first kappa shape index (κ1) is 11.7. The molecule has 0 aliphatic heterocycles. The monoisotopic (exact) mass is 210 g/mol. The number of carbonyl (C=O) groups excluding carboxylic acids is 1. The predicted octanol–water partition coefficient (Wildman–Crippen LogP) is 3.06. The summed E-state index contributed by atoms with van der Waals surface area (Å²) in [4.78, 5) is 11.8. The van der Waals surface area contributed by atoms with Crippen LogP contribution in [0.5, 0.6) is 5.75 Å². The molecule has 1 aromatic carbocycles. The molecule has 0 fully saturated rings. The number of ether oxygens (including phenoxy) is 1. The van der Waals surface area contributed by atoms with Gasteiger partial charge in [-0.1, -0.05) is 13.8 Å². The van der Waals surface area contributed by atoms with Gasteiger partial charge in [0.25, 0.3) is 0 Å². The van der Waals surface area contributed by atoms with E-state index in [0.717, 1.165) is 6.42 Å². The second-order valence-electron chi connectivity index (χ2n) is 3.52. The van der Waals surface area contributed by atoms with Gasteiger partial charge in [-0.3, -0.25) is 4.79 Å². The SMILES string of the molecule is CCC(C)C(=O)c1ccc(F)c(OC)c1. The van der Waals surface area contributed by atoms with Gasteiger partial charge in [0, 0.05) is 11.5 Å². The number of hydrogen-bond acceptors (Lipinski definition) is 2. The first-order chi connectivity index (χ1) is 7.10. The summed E-state index contributed by atoms with van der Waals surface area (Å²) >= 11 is 0. The molecule has 0 aromatic heterocycles. The lowest BCUT2D eigenvalue weighted by Crippen LogP contribution is -2.10. The molecule has 1 rings (SSSR count). The molecular formula is C12H15FO2. The fourth-order valence-corrected chi connectivity index (χ4v) is 1.28. The smallest absolute Gasteiger partial charge is 0.165 e. The van der Waals surface area contributed by atoms with Crippen molar-refractivity contribution in [2.24, 2.45) is 5.92 Å². The van der Waals surface area contributed by atoms with Gasteiger partial charge in [0.1, 0.15) is 0 Å². The molecule has 1 unspecified atom stereocenters. The van der Waals surface area contributed by atoms with Crippen LogP contribution in [0.25, 0.3) is 0 Å². The molecule has 0 bridgehead atoms. The van der Waals surface area contributed by atoms with Crippen molar-refractivity contribution in [3.05, 3.63) is 29.6 Å². The first-order valence-electron chi connectivity index (χ1n) is 4.97. The van der Waals surface area contributed by atoms with E-state index in [4.69, 9.17) is 4.74 Å². The number of carbonyl (C=O) groups is 1. The molecule has 82 valence electrons. The van der Waals surface area contributed by atoms with Gasteiger partial charge in [0.15, 0.2) is 17.3 Å². The Morgan fingerprint density at radius 1 is 1.53 bits per heavy atom. The van der Waals surface area contributed by atoms with Crippen LogP contribution in [-0.4, -0.2) is 12.9 Å². The first-order valence-corrected chi connectivity index (χ1v) is 4.97. The van der Waals surface area contributed by atoms with Crippen LogP contribution in [0, 0.1) is 11.7 Å². The molecule has 2 nitrogen and oxygen atoms in total. The van der Waals surface area contributed by atoms with Gasteiger partial charge in [-0.05, 0) is 24.6 Å². The van der Waals surface area contributed by atoms with Crippen molar-refractivity contribution < 1.29 is 13.9 Å². The number of benzene rings is 1. The molecule has 0 radical (unpaired) electrons. The molecule has 1 aromatic rings. The summed E-state index contributed by atoms with van der Waals surface area (Å²) in [6.45, 7) is 3.81. The molecule has 1 atom stereocenters. The Bertz CT molecular complexity index is 361. The van der Waals surface area contributed by atoms with E-state index < -0.39 is 5.82 Å². The molecule has 0 N–H and O–H groups in total. The minimum Gasteiger partial charge on any atom is -0.494 e. The highest BCUT2D eigenvalue weighted by molar-refractivity contribution is 5.97. The van der Waals surface area contributed by atoms with Crippen LogP contribution in [0.2, 0.25) is 0 Å². The third kappa shape index (κ3) is 2.55. The fraction of sp³-hybridized carbons (Fsp3) is 0.417. The van der Waals surface area contributed by atoms with Crippen molar-refractivity contribution in [2.45, 2.75) is 20.3 Å². The highest BCUT2D eigenvalue weighted by Crippen LogP contribution is 2.20. The number of halogens is 1. The molecule has 0 aliphatic carbocycles. The van der Waals surface area contributed by atoms with E-state index in [0.29, 0.717) is 5.56 Å². The Balaban J connectivity index is 3.01. The van der Waals surface area contributed by atoms with Crippen LogP contribution in [0.4, 0.5) is 4.39 Å². The predicted molar refractivity (Wildman–Crippen MR) is 56.7 cm³/mol. The average Bonchev–Trinajstić information content (AvgIpc) is 2.27. The normalized spacial score (nSPS) is 12.3. The molecule has 0 spiro atoms. The highest BCUT2D eigenvalue weighted by Gasteiger charge is 2.15. The Morgan fingerprint density at radius 3 is 2.73 bits per heavy atom. The number of hydrogen-bond donors (Lipinski definition) is 0. The van der Waals surface area contributed by atoms with Crippen molar-refractivity contribution in [1.29, 1.82) is 0 Å². The Morgan fingerprint density at radius 2 is 2.20 bits per heavy atom. The Hall–Kier alpha value is -1.38. The lowest BCUT2D eigenvalue weighted by atomic mass is 9.97. The Labute approximate surface area is 89.1 Å². The van der Waals surface area contributed by atoms with E-state index in [1.807, 2.05) is 13.8 Å². The van der Waals surface area contributed by atoms with E-state index in [1.54, 1.807) is 0 Å². The summed E-state index contributed by atoms with van der Waals surface area (Å²) in [5.41, 5.74) is 0.502. The van der Waals surface area contributed by atoms with E-state index >= 15 is 0 Å². The number of Topliss-reactive ketones (excluding diaryl/α,β-unsaturated/α-hetero) is 1. The third-order valence-electron chi connectivity index (χ3n) is 2.50. The van der Waals surface area contributed by atoms with Crippen LogP contribution in [0.3, 0.4) is 0 Å². The van der Waals surface area contributed by atoms with Gasteiger partial charge in [0.2, 0.25) is 0 Å². The topological polar surface area (TPSA) is 26.3 Å². The Kier molecular flexibility index (Phi) is 3.83. The average molecular weight is 210 g/mol. The van der Waals surface area contributed by atoms with Crippen molar-refractivity contribution in [3.8, 4) is 5.75 Å². The van der Waals surface area contributed by atoms with E-state index in [2.05, 4.69) is 0 Å².